The first-order chi connectivity index (χ1) is 12.1. The van der Waals surface area contributed by atoms with Crippen LogP contribution in [0.1, 0.15) is 11.1 Å². The minimum Gasteiger partial charge on any atom is -0.393 e. The second-order valence-electron chi connectivity index (χ2n) is 5.44. The molecule has 0 atom stereocenters. The first-order valence-corrected chi connectivity index (χ1v) is 8.44. The fourth-order valence-corrected chi connectivity index (χ4v) is 2.51. The van der Waals surface area contributed by atoms with Crippen LogP contribution in [0.4, 0.5) is 17.3 Å². The molecule has 0 amide bonds. The molecule has 0 spiro atoms. The van der Waals surface area contributed by atoms with Crippen molar-refractivity contribution in [1.82, 2.24) is 9.97 Å². The third-order valence-corrected chi connectivity index (χ3v) is 4.13. The van der Waals surface area contributed by atoms with E-state index in [2.05, 4.69) is 20.6 Å². The smallest absolute Gasteiger partial charge is 0.155 e. The number of hydrogen-bond donors (Lipinski definition) is 3. The molecule has 0 radical (unpaired) electrons. The Hall–Kier alpha value is -2.50. The number of rotatable bonds is 6. The predicted octanol–water partition coefficient (Wildman–Crippen LogP) is 4.59. The lowest BCUT2D eigenvalue weighted by Crippen LogP contribution is -2.10. The Kier molecular flexibility index (Phi) is 5.58. The van der Waals surface area contributed by atoms with E-state index in [0.717, 1.165) is 11.1 Å². The summed E-state index contributed by atoms with van der Waals surface area (Å²) in [6.45, 7) is 1.18. The summed E-state index contributed by atoms with van der Waals surface area (Å²) in [4.78, 5) is 8.41. The van der Waals surface area contributed by atoms with Crippen molar-refractivity contribution in [3.05, 3.63) is 76.0 Å². The lowest BCUT2D eigenvalue weighted by molar-refractivity contribution is 1.06. The molecule has 0 saturated heterocycles. The maximum absolute atomic E-state index is 6.17. The Bertz CT molecular complexity index is 767. The lowest BCUT2D eigenvalue weighted by Gasteiger charge is -2.12. The maximum Gasteiger partial charge on any atom is 0.155 e. The van der Waals surface area contributed by atoms with Crippen LogP contribution in [0.25, 0.3) is 0 Å². The molecule has 2 aromatic carbocycles. The van der Waals surface area contributed by atoms with Gasteiger partial charge in [0.05, 0.1) is 0 Å². The zero-order chi connectivity index (χ0) is 17.6. The highest BCUT2D eigenvalue weighted by atomic mass is 35.5. The van der Waals surface area contributed by atoms with Crippen molar-refractivity contribution < 1.29 is 0 Å². The van der Waals surface area contributed by atoms with E-state index in [1.807, 2.05) is 48.5 Å². The van der Waals surface area contributed by atoms with Crippen molar-refractivity contribution in [2.24, 2.45) is 0 Å². The lowest BCUT2D eigenvalue weighted by atomic mass is 10.2. The summed E-state index contributed by atoms with van der Waals surface area (Å²) < 4.78 is 0. The summed E-state index contributed by atoms with van der Waals surface area (Å²) in [7, 11) is 0. The third-order valence-electron chi connectivity index (χ3n) is 3.63. The zero-order valence-corrected chi connectivity index (χ0v) is 14.8. The van der Waals surface area contributed by atoms with Crippen molar-refractivity contribution >= 4 is 40.5 Å². The molecule has 1 heterocycles. The van der Waals surface area contributed by atoms with Crippen LogP contribution in [0.2, 0.25) is 10.0 Å². The fourth-order valence-electron chi connectivity index (χ4n) is 2.25. The first-order valence-electron chi connectivity index (χ1n) is 7.69. The van der Waals surface area contributed by atoms with Gasteiger partial charge in [-0.3, -0.25) is 0 Å². The van der Waals surface area contributed by atoms with Crippen LogP contribution in [0.5, 0.6) is 0 Å². The van der Waals surface area contributed by atoms with Gasteiger partial charge in [0.2, 0.25) is 0 Å². The Morgan fingerprint density at radius 1 is 0.720 bits per heavy atom. The van der Waals surface area contributed by atoms with E-state index in [4.69, 9.17) is 28.9 Å². The number of benzene rings is 2. The van der Waals surface area contributed by atoms with Crippen LogP contribution < -0.4 is 16.4 Å². The molecule has 0 aliphatic carbocycles. The Morgan fingerprint density at radius 3 is 1.52 bits per heavy atom. The number of nitrogen functional groups attached to an aromatic ring is 1. The summed E-state index contributed by atoms with van der Waals surface area (Å²) in [5, 5.41) is 7.85. The molecule has 0 aliphatic heterocycles. The molecule has 1 aromatic heterocycles. The topological polar surface area (TPSA) is 75.9 Å². The summed E-state index contributed by atoms with van der Waals surface area (Å²) >= 11 is 11.8. The van der Waals surface area contributed by atoms with Crippen LogP contribution in [0.15, 0.2) is 54.9 Å². The highest BCUT2D eigenvalue weighted by molar-refractivity contribution is 6.30. The van der Waals surface area contributed by atoms with Gasteiger partial charge in [-0.25, -0.2) is 9.97 Å². The van der Waals surface area contributed by atoms with Crippen molar-refractivity contribution in [2.75, 3.05) is 16.4 Å². The van der Waals surface area contributed by atoms with Crippen LogP contribution >= 0.6 is 23.2 Å². The molecule has 0 bridgehead atoms. The van der Waals surface area contributed by atoms with Gasteiger partial charge < -0.3 is 16.4 Å². The van der Waals surface area contributed by atoms with Crippen molar-refractivity contribution in [3.63, 3.8) is 0 Å². The van der Waals surface area contributed by atoms with Gasteiger partial charge in [-0.2, -0.15) is 0 Å². The molecule has 5 nitrogen and oxygen atoms in total. The highest BCUT2D eigenvalue weighted by Gasteiger charge is 2.08. The monoisotopic (exact) mass is 373 g/mol. The summed E-state index contributed by atoms with van der Waals surface area (Å²) in [6, 6.07) is 15.2. The van der Waals surface area contributed by atoms with Gasteiger partial charge in [0, 0.05) is 23.1 Å². The molecule has 0 aliphatic rings. The van der Waals surface area contributed by atoms with Crippen LogP contribution in [0.3, 0.4) is 0 Å². The summed E-state index contributed by atoms with van der Waals surface area (Å²) in [5.74, 6) is 1.17. The molecule has 3 aromatic rings. The molecule has 25 heavy (non-hydrogen) atoms. The number of halogens is 2. The van der Waals surface area contributed by atoms with Crippen LogP contribution in [-0.2, 0) is 13.1 Å². The molecular formula is C18H17Cl2N5. The quantitative estimate of drug-likeness (QED) is 0.588. The van der Waals surface area contributed by atoms with E-state index in [9.17, 15) is 0 Å². The van der Waals surface area contributed by atoms with E-state index < -0.39 is 0 Å². The van der Waals surface area contributed by atoms with Gasteiger partial charge in [0.15, 0.2) is 11.6 Å². The Labute approximate surface area is 156 Å². The van der Waals surface area contributed by atoms with Crippen LogP contribution in [-0.4, -0.2) is 9.97 Å². The summed E-state index contributed by atoms with van der Waals surface area (Å²) in [5.41, 5.74) is 8.81. The van der Waals surface area contributed by atoms with E-state index in [1.54, 1.807) is 0 Å². The first kappa shape index (κ1) is 17.3. The van der Waals surface area contributed by atoms with Gasteiger partial charge in [0.25, 0.3) is 0 Å². The molecule has 7 heteroatoms. The maximum atomic E-state index is 6.17. The largest absolute Gasteiger partial charge is 0.393 e. The highest BCUT2D eigenvalue weighted by Crippen LogP contribution is 2.23. The fraction of sp³-hybridized carbons (Fsp3) is 0.111. The number of nitrogens with two attached hydrogens (primary N) is 1. The normalized spacial score (nSPS) is 10.5. The van der Waals surface area contributed by atoms with Crippen LogP contribution in [0, 0.1) is 0 Å². The Morgan fingerprint density at radius 2 is 1.12 bits per heavy atom. The SMILES string of the molecule is Nc1c(NCc2ccc(Cl)cc2)ncnc1NCc1ccc(Cl)cc1. The number of anilines is 3. The average molecular weight is 374 g/mol. The van der Waals surface area contributed by atoms with Gasteiger partial charge in [-0.05, 0) is 35.4 Å². The number of nitrogens with zero attached hydrogens (tertiary/aromatic N) is 2. The Balaban J connectivity index is 1.64. The van der Waals surface area contributed by atoms with Gasteiger partial charge in [-0.1, -0.05) is 47.5 Å². The van der Waals surface area contributed by atoms with E-state index in [1.165, 1.54) is 6.33 Å². The molecule has 3 rings (SSSR count). The average Bonchev–Trinajstić information content (AvgIpc) is 2.62. The molecule has 0 saturated carbocycles. The second-order valence-corrected chi connectivity index (χ2v) is 6.32. The molecule has 4 N–H and O–H groups in total. The van der Waals surface area contributed by atoms with Gasteiger partial charge in [-0.15, -0.1) is 0 Å². The van der Waals surface area contributed by atoms with Gasteiger partial charge in [0.1, 0.15) is 12.0 Å². The van der Waals surface area contributed by atoms with E-state index >= 15 is 0 Å². The van der Waals surface area contributed by atoms with E-state index in [-0.39, 0.29) is 0 Å². The van der Waals surface area contributed by atoms with Gasteiger partial charge >= 0.3 is 0 Å². The van der Waals surface area contributed by atoms with Crippen molar-refractivity contribution in [3.8, 4) is 0 Å². The minimum absolute atomic E-state index is 0.477. The van der Waals surface area contributed by atoms with Crippen molar-refractivity contribution in [2.45, 2.75) is 13.1 Å². The zero-order valence-electron chi connectivity index (χ0n) is 13.3. The molecule has 0 unspecified atom stereocenters. The third kappa shape index (κ3) is 4.75. The van der Waals surface area contributed by atoms with E-state index in [0.29, 0.717) is 40.5 Å². The second kappa shape index (κ2) is 8.05. The number of aromatic nitrogens is 2. The summed E-state index contributed by atoms with van der Waals surface area (Å²) in [6.07, 6.45) is 1.48. The standard InChI is InChI=1S/C18H17Cl2N5/c19-14-5-1-12(2-6-14)9-22-17-16(21)18(25-11-24-17)23-10-13-3-7-15(20)8-4-13/h1-8,11H,9-10,21H2,(H2,22,23,24,25). The van der Waals surface area contributed by atoms with Crippen molar-refractivity contribution in [1.29, 1.82) is 0 Å². The number of hydrogen-bond acceptors (Lipinski definition) is 5. The molecule has 0 fully saturated rings. The minimum atomic E-state index is 0.477. The molecule has 128 valence electrons. The number of nitrogens with one attached hydrogen (secondary N) is 2. The predicted molar refractivity (Wildman–Crippen MR) is 104 cm³/mol. The molecular weight excluding hydrogens is 357 g/mol.